The van der Waals surface area contributed by atoms with Crippen molar-refractivity contribution in [2.45, 2.75) is 5.16 Å². The largest absolute Gasteiger partial charge is 0.305 e. The Hall–Kier alpha value is -2.22. The zero-order chi connectivity index (χ0) is 12.5. The second-order valence-electron chi connectivity index (χ2n) is 3.71. The van der Waals surface area contributed by atoms with Gasteiger partial charge < -0.3 is 4.57 Å². The molecule has 0 aliphatic carbocycles. The summed E-state index contributed by atoms with van der Waals surface area (Å²) >= 11 is 4.20. The van der Waals surface area contributed by atoms with Crippen LogP contribution in [-0.2, 0) is 7.05 Å². The van der Waals surface area contributed by atoms with E-state index in [0.717, 1.165) is 17.0 Å². The fourth-order valence-corrected chi connectivity index (χ4v) is 1.77. The number of nitrogens with zero attached hydrogens (tertiary/aromatic N) is 6. The summed E-state index contributed by atoms with van der Waals surface area (Å²) in [6, 6.07) is 7.72. The Kier molecular flexibility index (Phi) is 2.56. The van der Waals surface area contributed by atoms with Crippen molar-refractivity contribution in [3.05, 3.63) is 24.3 Å². The first-order valence-electron chi connectivity index (χ1n) is 5.18. The van der Waals surface area contributed by atoms with Crippen molar-refractivity contribution >= 4 is 12.6 Å². The number of aromatic amines is 1. The van der Waals surface area contributed by atoms with Gasteiger partial charge in [-0.3, -0.25) is 0 Å². The average molecular weight is 259 g/mol. The Morgan fingerprint density at radius 2 is 1.78 bits per heavy atom. The first kappa shape index (κ1) is 10.9. The van der Waals surface area contributed by atoms with Crippen LogP contribution in [0.3, 0.4) is 0 Å². The van der Waals surface area contributed by atoms with E-state index in [1.807, 2.05) is 35.9 Å². The molecule has 0 aliphatic rings. The Labute approximate surface area is 108 Å². The van der Waals surface area contributed by atoms with Crippen molar-refractivity contribution in [1.29, 1.82) is 0 Å². The number of hydrogen-bond donors (Lipinski definition) is 2. The van der Waals surface area contributed by atoms with Crippen molar-refractivity contribution in [2.24, 2.45) is 7.05 Å². The molecule has 0 bridgehead atoms. The summed E-state index contributed by atoms with van der Waals surface area (Å²) in [4.78, 5) is 0. The van der Waals surface area contributed by atoms with E-state index in [9.17, 15) is 0 Å². The van der Waals surface area contributed by atoms with E-state index in [0.29, 0.717) is 11.0 Å². The molecule has 8 heteroatoms. The van der Waals surface area contributed by atoms with E-state index < -0.39 is 0 Å². The van der Waals surface area contributed by atoms with E-state index in [4.69, 9.17) is 0 Å². The molecule has 3 rings (SSSR count). The van der Waals surface area contributed by atoms with Gasteiger partial charge in [-0.1, -0.05) is 24.3 Å². The van der Waals surface area contributed by atoms with E-state index in [1.54, 1.807) is 0 Å². The summed E-state index contributed by atoms with van der Waals surface area (Å²) in [5, 5.41) is 22.2. The molecule has 0 amide bonds. The quantitative estimate of drug-likeness (QED) is 0.669. The number of aromatic nitrogens is 7. The number of hydrogen-bond acceptors (Lipinski definition) is 6. The third-order valence-electron chi connectivity index (χ3n) is 2.61. The SMILES string of the molecule is Cn1c(S)nnc1-c1ccc(-c2nnn[nH]2)cc1. The lowest BCUT2D eigenvalue weighted by atomic mass is 10.1. The summed E-state index contributed by atoms with van der Waals surface area (Å²) in [6.07, 6.45) is 0. The highest BCUT2D eigenvalue weighted by Gasteiger charge is 2.09. The van der Waals surface area contributed by atoms with Gasteiger partial charge in [0.1, 0.15) is 0 Å². The lowest BCUT2D eigenvalue weighted by Crippen LogP contribution is -1.93. The van der Waals surface area contributed by atoms with E-state index in [2.05, 4.69) is 43.5 Å². The fourth-order valence-electron chi connectivity index (χ4n) is 1.63. The summed E-state index contributed by atoms with van der Waals surface area (Å²) in [5.41, 5.74) is 1.87. The van der Waals surface area contributed by atoms with Crippen LogP contribution in [0.15, 0.2) is 29.4 Å². The van der Waals surface area contributed by atoms with Crippen LogP contribution in [0.2, 0.25) is 0 Å². The van der Waals surface area contributed by atoms with Gasteiger partial charge in [-0.25, -0.2) is 5.10 Å². The molecule has 1 aromatic carbocycles. The Balaban J connectivity index is 1.99. The van der Waals surface area contributed by atoms with Crippen LogP contribution < -0.4 is 0 Å². The van der Waals surface area contributed by atoms with Crippen LogP contribution in [-0.4, -0.2) is 35.4 Å². The summed E-state index contributed by atoms with van der Waals surface area (Å²) < 4.78 is 1.81. The minimum absolute atomic E-state index is 0.577. The number of thiol groups is 1. The average Bonchev–Trinajstić information content (AvgIpc) is 3.02. The maximum absolute atomic E-state index is 4.20. The molecule has 18 heavy (non-hydrogen) atoms. The summed E-state index contributed by atoms with van der Waals surface area (Å²) in [7, 11) is 1.87. The van der Waals surface area contributed by atoms with Gasteiger partial charge in [0.15, 0.2) is 16.8 Å². The predicted molar refractivity (Wildman–Crippen MR) is 66.9 cm³/mol. The second-order valence-corrected chi connectivity index (χ2v) is 4.11. The van der Waals surface area contributed by atoms with Crippen LogP contribution in [0.5, 0.6) is 0 Å². The number of rotatable bonds is 2. The number of tetrazole rings is 1. The minimum Gasteiger partial charge on any atom is -0.305 e. The molecular formula is C10H9N7S. The van der Waals surface area contributed by atoms with E-state index >= 15 is 0 Å². The number of benzene rings is 1. The minimum atomic E-state index is 0.577. The van der Waals surface area contributed by atoms with Crippen molar-refractivity contribution in [1.82, 2.24) is 35.4 Å². The van der Waals surface area contributed by atoms with Crippen molar-refractivity contribution in [2.75, 3.05) is 0 Å². The molecule has 3 aromatic rings. The van der Waals surface area contributed by atoms with Crippen LogP contribution >= 0.6 is 12.6 Å². The van der Waals surface area contributed by atoms with Gasteiger partial charge in [0.05, 0.1) is 0 Å². The van der Waals surface area contributed by atoms with Gasteiger partial charge >= 0.3 is 0 Å². The van der Waals surface area contributed by atoms with Crippen molar-refractivity contribution < 1.29 is 0 Å². The van der Waals surface area contributed by atoms with Crippen LogP contribution in [0, 0.1) is 0 Å². The van der Waals surface area contributed by atoms with Gasteiger partial charge in [-0.05, 0) is 10.4 Å². The lowest BCUT2D eigenvalue weighted by molar-refractivity contribution is 0.798. The van der Waals surface area contributed by atoms with E-state index in [1.165, 1.54) is 0 Å². The zero-order valence-corrected chi connectivity index (χ0v) is 10.3. The second kappa shape index (κ2) is 4.22. The van der Waals surface area contributed by atoms with E-state index in [-0.39, 0.29) is 0 Å². The topological polar surface area (TPSA) is 85.2 Å². The number of nitrogens with one attached hydrogen (secondary N) is 1. The van der Waals surface area contributed by atoms with Crippen molar-refractivity contribution in [3.8, 4) is 22.8 Å². The van der Waals surface area contributed by atoms with Crippen molar-refractivity contribution in [3.63, 3.8) is 0 Å². The molecule has 2 heterocycles. The fraction of sp³-hybridized carbons (Fsp3) is 0.100. The zero-order valence-electron chi connectivity index (χ0n) is 9.44. The third kappa shape index (κ3) is 1.76. The monoisotopic (exact) mass is 259 g/mol. The van der Waals surface area contributed by atoms with Crippen LogP contribution in [0.4, 0.5) is 0 Å². The van der Waals surface area contributed by atoms with Crippen LogP contribution in [0.25, 0.3) is 22.8 Å². The molecule has 0 saturated carbocycles. The predicted octanol–water partition coefficient (Wildman–Crippen LogP) is 0.951. The van der Waals surface area contributed by atoms with Crippen LogP contribution in [0.1, 0.15) is 0 Å². The van der Waals surface area contributed by atoms with Gasteiger partial charge in [-0.15, -0.1) is 27.9 Å². The highest BCUT2D eigenvalue weighted by Crippen LogP contribution is 2.21. The van der Waals surface area contributed by atoms with Gasteiger partial charge in [0, 0.05) is 18.2 Å². The highest BCUT2D eigenvalue weighted by molar-refractivity contribution is 7.80. The first-order chi connectivity index (χ1) is 8.75. The maximum atomic E-state index is 4.20. The molecule has 90 valence electrons. The standard InChI is InChI=1S/C10H9N7S/c1-17-9(13-14-10(17)18)7-4-2-6(3-5-7)8-11-15-16-12-8/h2-5H,1H3,(H,14,18)(H,11,12,15,16). The number of H-pyrrole nitrogens is 1. The molecule has 0 saturated heterocycles. The highest BCUT2D eigenvalue weighted by atomic mass is 32.1. The molecule has 0 spiro atoms. The van der Waals surface area contributed by atoms with Gasteiger partial charge in [0.25, 0.3) is 0 Å². The molecular weight excluding hydrogens is 250 g/mol. The Bertz CT molecular complexity index is 656. The van der Waals surface area contributed by atoms with Gasteiger partial charge in [-0.2, -0.15) is 0 Å². The molecule has 0 fully saturated rings. The smallest absolute Gasteiger partial charge is 0.188 e. The Morgan fingerprint density at radius 3 is 2.33 bits per heavy atom. The maximum Gasteiger partial charge on any atom is 0.188 e. The normalized spacial score (nSPS) is 10.8. The Morgan fingerprint density at radius 1 is 1.06 bits per heavy atom. The molecule has 0 radical (unpaired) electrons. The molecule has 2 aromatic heterocycles. The third-order valence-corrected chi connectivity index (χ3v) is 3.00. The molecule has 1 N–H and O–H groups in total. The first-order valence-corrected chi connectivity index (χ1v) is 5.63. The lowest BCUT2D eigenvalue weighted by Gasteiger charge is -2.02. The summed E-state index contributed by atoms with van der Waals surface area (Å²) in [5.74, 6) is 1.40. The summed E-state index contributed by atoms with van der Waals surface area (Å²) in [6.45, 7) is 0. The molecule has 0 atom stereocenters. The molecule has 0 aliphatic heterocycles. The molecule has 7 nitrogen and oxygen atoms in total. The van der Waals surface area contributed by atoms with Gasteiger partial charge in [0.2, 0.25) is 0 Å². The molecule has 0 unspecified atom stereocenters.